The van der Waals surface area contributed by atoms with Crippen LogP contribution < -0.4 is 0 Å². The summed E-state index contributed by atoms with van der Waals surface area (Å²) in [5.41, 5.74) is 0. The van der Waals surface area contributed by atoms with E-state index < -0.39 is 32.2 Å². The lowest BCUT2D eigenvalue weighted by molar-refractivity contribution is -0.140. The number of aliphatic carboxylic acids is 1. The van der Waals surface area contributed by atoms with E-state index in [1.54, 1.807) is 0 Å². The number of hydrogen-bond acceptors (Lipinski definition) is 5. The number of rotatable bonds is 5. The van der Waals surface area contributed by atoms with Crippen LogP contribution in [0.5, 0.6) is 0 Å². The van der Waals surface area contributed by atoms with Crippen LogP contribution in [0.1, 0.15) is 6.92 Å². The molecule has 1 N–H and O–H groups in total. The first-order valence-electron chi connectivity index (χ1n) is 5.89. The first kappa shape index (κ1) is 17.3. The number of carboxylic acid groups (broad SMARTS) is 1. The van der Waals surface area contributed by atoms with E-state index in [1.807, 2.05) is 0 Å². The van der Waals surface area contributed by atoms with Crippen LogP contribution in [0.4, 0.5) is 0 Å². The molecular weight excluding hydrogens is 310 g/mol. The smallest absolute Gasteiger partial charge is 0.321 e. The van der Waals surface area contributed by atoms with Gasteiger partial charge in [-0.3, -0.25) is 4.79 Å². The Morgan fingerprint density at radius 1 is 1.10 bits per heavy atom. The van der Waals surface area contributed by atoms with Crippen molar-refractivity contribution in [2.45, 2.75) is 13.0 Å². The molecule has 1 fully saturated rings. The summed E-state index contributed by atoms with van der Waals surface area (Å²) >= 11 is 0. The van der Waals surface area contributed by atoms with Crippen molar-refractivity contribution in [2.75, 3.05) is 39.5 Å². The van der Waals surface area contributed by atoms with Crippen LogP contribution in [0.25, 0.3) is 0 Å². The molecule has 0 aromatic carbocycles. The highest BCUT2D eigenvalue weighted by Crippen LogP contribution is 2.14. The third-order valence-electron chi connectivity index (χ3n) is 3.26. The lowest BCUT2D eigenvalue weighted by Gasteiger charge is -2.35. The second-order valence-corrected chi connectivity index (χ2v) is 8.57. The summed E-state index contributed by atoms with van der Waals surface area (Å²) in [7, 11) is -6.06. The molecule has 1 rings (SSSR count). The molecular formula is C9H19N3O6S2. The van der Waals surface area contributed by atoms with Crippen LogP contribution in [0.2, 0.25) is 0 Å². The summed E-state index contributed by atoms with van der Waals surface area (Å²) in [6, 6.07) is -1.19. The van der Waals surface area contributed by atoms with E-state index >= 15 is 0 Å². The second kappa shape index (κ2) is 5.93. The molecule has 1 saturated heterocycles. The third-order valence-corrected chi connectivity index (χ3v) is 6.62. The number of hydrogen-bond donors (Lipinski definition) is 1. The lowest BCUT2D eigenvalue weighted by Crippen LogP contribution is -2.55. The third kappa shape index (κ3) is 3.67. The van der Waals surface area contributed by atoms with E-state index in [0.29, 0.717) is 0 Å². The number of sulfonamides is 1. The highest BCUT2D eigenvalue weighted by Gasteiger charge is 2.36. The van der Waals surface area contributed by atoms with E-state index in [9.17, 15) is 21.6 Å². The van der Waals surface area contributed by atoms with Crippen molar-refractivity contribution in [3.8, 4) is 0 Å². The van der Waals surface area contributed by atoms with Crippen LogP contribution in [-0.2, 0) is 25.0 Å². The first-order chi connectivity index (χ1) is 8.98. The average molecular weight is 329 g/mol. The predicted octanol–water partition coefficient (Wildman–Crippen LogP) is -1.79. The molecule has 0 radical (unpaired) electrons. The Balaban J connectivity index is 2.80. The zero-order valence-corrected chi connectivity index (χ0v) is 13.2. The van der Waals surface area contributed by atoms with Crippen LogP contribution in [0.3, 0.4) is 0 Å². The van der Waals surface area contributed by atoms with Crippen molar-refractivity contribution in [3.05, 3.63) is 0 Å². The van der Waals surface area contributed by atoms with Gasteiger partial charge in [0.05, 0.1) is 6.26 Å². The molecule has 1 aliphatic heterocycles. The van der Waals surface area contributed by atoms with Gasteiger partial charge >= 0.3 is 5.97 Å². The number of carboxylic acids is 1. The van der Waals surface area contributed by atoms with Crippen LogP contribution in [0.15, 0.2) is 0 Å². The summed E-state index contributed by atoms with van der Waals surface area (Å²) in [6.07, 6.45) is 1.07. The van der Waals surface area contributed by atoms with Gasteiger partial charge in [0, 0.05) is 33.2 Å². The minimum atomic E-state index is -3.91. The number of nitrogens with zero attached hydrogens (tertiary/aromatic N) is 3. The fraction of sp³-hybridized carbons (Fsp3) is 0.889. The van der Waals surface area contributed by atoms with Crippen LogP contribution in [-0.4, -0.2) is 86.4 Å². The average Bonchev–Trinajstić information content (AvgIpc) is 2.35. The van der Waals surface area contributed by atoms with Crippen molar-refractivity contribution >= 4 is 26.2 Å². The lowest BCUT2D eigenvalue weighted by atomic mass is 10.4. The predicted molar refractivity (Wildman–Crippen MR) is 71.8 cm³/mol. The Hall–Kier alpha value is -0.750. The van der Waals surface area contributed by atoms with Gasteiger partial charge in [0.1, 0.15) is 6.04 Å². The molecule has 0 aromatic rings. The molecule has 20 heavy (non-hydrogen) atoms. The molecule has 1 heterocycles. The van der Waals surface area contributed by atoms with E-state index in [2.05, 4.69) is 0 Å². The van der Waals surface area contributed by atoms with Gasteiger partial charge in [-0.25, -0.2) is 8.42 Å². The van der Waals surface area contributed by atoms with Gasteiger partial charge < -0.3 is 5.11 Å². The Kier molecular flexibility index (Phi) is 5.13. The first-order valence-corrected chi connectivity index (χ1v) is 9.13. The van der Waals surface area contributed by atoms with E-state index in [4.69, 9.17) is 5.11 Å². The maximum atomic E-state index is 12.2. The van der Waals surface area contributed by atoms with Crippen LogP contribution >= 0.6 is 0 Å². The van der Waals surface area contributed by atoms with Gasteiger partial charge in [-0.1, -0.05) is 0 Å². The quantitative estimate of drug-likeness (QED) is 0.637. The monoisotopic (exact) mass is 329 g/mol. The topological polar surface area (TPSA) is 115 Å². The Labute approximate surface area is 119 Å². The number of carbonyl (C=O) groups is 1. The molecule has 0 aromatic heterocycles. The molecule has 0 saturated carbocycles. The molecule has 0 aliphatic carbocycles. The highest BCUT2D eigenvalue weighted by molar-refractivity contribution is 7.88. The summed E-state index contributed by atoms with van der Waals surface area (Å²) in [5.74, 6) is -1.24. The van der Waals surface area contributed by atoms with Crippen molar-refractivity contribution in [3.63, 3.8) is 0 Å². The van der Waals surface area contributed by atoms with Gasteiger partial charge in [0.15, 0.2) is 0 Å². The molecule has 118 valence electrons. The van der Waals surface area contributed by atoms with Crippen molar-refractivity contribution in [2.24, 2.45) is 0 Å². The summed E-state index contributed by atoms with van der Waals surface area (Å²) in [4.78, 5) is 10.8. The van der Waals surface area contributed by atoms with Gasteiger partial charge in [-0.2, -0.15) is 21.3 Å². The van der Waals surface area contributed by atoms with Gasteiger partial charge in [-0.15, -0.1) is 0 Å². The SMILES string of the molecule is CC(C(=O)O)N(C)S(=O)(=O)N1CCN(S(C)(=O)=O)CC1. The number of piperazine rings is 1. The Morgan fingerprint density at radius 3 is 1.85 bits per heavy atom. The molecule has 9 nitrogen and oxygen atoms in total. The molecule has 1 unspecified atom stereocenters. The molecule has 0 spiro atoms. The normalized spacial score (nSPS) is 21.0. The Bertz CT molecular complexity index is 564. The largest absolute Gasteiger partial charge is 0.480 e. The second-order valence-electron chi connectivity index (χ2n) is 4.60. The van der Waals surface area contributed by atoms with Crippen molar-refractivity contribution in [1.82, 2.24) is 12.9 Å². The van der Waals surface area contributed by atoms with Gasteiger partial charge in [0.2, 0.25) is 10.0 Å². The highest BCUT2D eigenvalue weighted by atomic mass is 32.2. The van der Waals surface area contributed by atoms with E-state index in [0.717, 1.165) is 14.9 Å². The summed E-state index contributed by atoms with van der Waals surface area (Å²) in [6.45, 7) is 1.41. The standard InChI is InChI=1S/C9H19N3O6S2/c1-8(9(13)14)10(2)20(17,18)12-6-4-11(5-7-12)19(3,15)16/h8H,4-7H2,1-3H3,(H,13,14). The zero-order chi connectivity index (χ0) is 15.7. The van der Waals surface area contributed by atoms with Gasteiger partial charge in [-0.05, 0) is 6.92 Å². The maximum Gasteiger partial charge on any atom is 0.321 e. The fourth-order valence-electron chi connectivity index (χ4n) is 1.77. The van der Waals surface area contributed by atoms with E-state index in [1.165, 1.54) is 18.3 Å². The van der Waals surface area contributed by atoms with Crippen LogP contribution in [0, 0.1) is 0 Å². The maximum absolute atomic E-state index is 12.2. The van der Waals surface area contributed by atoms with Gasteiger partial charge in [0.25, 0.3) is 10.2 Å². The summed E-state index contributed by atoms with van der Waals surface area (Å²) < 4.78 is 50.2. The minimum Gasteiger partial charge on any atom is -0.480 e. The zero-order valence-electron chi connectivity index (χ0n) is 11.6. The number of likely N-dealkylation sites (N-methyl/N-ethyl adjacent to an activating group) is 1. The summed E-state index contributed by atoms with van der Waals surface area (Å²) in [5, 5.41) is 8.85. The molecule has 0 bridgehead atoms. The molecule has 1 atom stereocenters. The Morgan fingerprint density at radius 2 is 1.50 bits per heavy atom. The fourth-order valence-corrected chi connectivity index (χ4v) is 4.07. The van der Waals surface area contributed by atoms with Crippen molar-refractivity contribution in [1.29, 1.82) is 0 Å². The molecule has 1 aliphatic rings. The minimum absolute atomic E-state index is 0.00603. The molecule has 0 amide bonds. The molecule has 11 heteroatoms. The van der Waals surface area contributed by atoms with E-state index in [-0.39, 0.29) is 26.2 Å². The van der Waals surface area contributed by atoms with Crippen molar-refractivity contribution < 1.29 is 26.7 Å².